The molecular formula is C28H36F3N5O4S. The van der Waals surface area contributed by atoms with E-state index < -0.39 is 39.6 Å². The third-order valence-corrected chi connectivity index (χ3v) is 8.82. The first-order valence-electron chi connectivity index (χ1n) is 13.3. The number of carbonyl (C=O) groups is 2. The van der Waals surface area contributed by atoms with Gasteiger partial charge in [0.05, 0.1) is 16.9 Å². The van der Waals surface area contributed by atoms with Gasteiger partial charge in [0.25, 0.3) is 0 Å². The van der Waals surface area contributed by atoms with E-state index in [0.29, 0.717) is 17.7 Å². The van der Waals surface area contributed by atoms with Crippen LogP contribution >= 0.6 is 0 Å². The highest BCUT2D eigenvalue weighted by molar-refractivity contribution is 7.89. The van der Waals surface area contributed by atoms with E-state index >= 15 is 0 Å². The molecule has 1 atom stereocenters. The lowest BCUT2D eigenvalue weighted by Crippen LogP contribution is -2.40. The number of aryl methyl sites for hydroxylation is 1. The van der Waals surface area contributed by atoms with Crippen molar-refractivity contribution in [1.29, 1.82) is 0 Å². The normalized spacial score (nSPS) is 15.9. The van der Waals surface area contributed by atoms with Crippen molar-refractivity contribution in [3.8, 4) is 0 Å². The summed E-state index contributed by atoms with van der Waals surface area (Å²) < 4.78 is 65.3. The van der Waals surface area contributed by atoms with Crippen LogP contribution in [0.15, 0.2) is 52.4 Å². The highest BCUT2D eigenvalue weighted by Crippen LogP contribution is 2.30. The Morgan fingerprint density at radius 2 is 1.78 bits per heavy atom. The summed E-state index contributed by atoms with van der Waals surface area (Å²) in [6, 6.07) is 7.86. The topological polar surface area (TPSA) is 134 Å². The van der Waals surface area contributed by atoms with E-state index in [1.165, 1.54) is 38.4 Å². The molecule has 1 aliphatic rings. The monoisotopic (exact) mass is 595 g/mol. The zero-order valence-electron chi connectivity index (χ0n) is 23.3. The van der Waals surface area contributed by atoms with Crippen LogP contribution in [0.4, 0.5) is 18.9 Å². The lowest BCUT2D eigenvalue weighted by atomic mass is 9.84. The largest absolute Gasteiger partial charge is 0.416 e. The Morgan fingerprint density at radius 1 is 1.10 bits per heavy atom. The molecule has 224 valence electrons. The molecule has 13 heteroatoms. The van der Waals surface area contributed by atoms with Crippen molar-refractivity contribution >= 4 is 33.5 Å². The number of nitrogens with two attached hydrogens (primary N) is 1. The SMILES string of the molecule is Cc1ccc(S(=O)(=O)N(C)C)cc1NC(=O)[C@@H](CC1CCCCC1)N=C(N)NC(=O)Cc1cccc(C(F)(F)F)c1. The number of halogens is 3. The van der Waals surface area contributed by atoms with Crippen LogP contribution < -0.4 is 16.4 Å². The molecule has 0 aliphatic heterocycles. The van der Waals surface area contributed by atoms with Gasteiger partial charge in [-0.3, -0.25) is 14.9 Å². The van der Waals surface area contributed by atoms with Gasteiger partial charge in [0.1, 0.15) is 6.04 Å². The van der Waals surface area contributed by atoms with Crippen molar-refractivity contribution in [1.82, 2.24) is 9.62 Å². The molecule has 0 radical (unpaired) electrons. The molecule has 41 heavy (non-hydrogen) atoms. The van der Waals surface area contributed by atoms with Gasteiger partial charge in [-0.1, -0.05) is 56.4 Å². The van der Waals surface area contributed by atoms with E-state index in [-0.39, 0.29) is 28.8 Å². The Kier molecular flexibility index (Phi) is 10.5. The number of hydrogen-bond acceptors (Lipinski definition) is 5. The van der Waals surface area contributed by atoms with Crippen molar-refractivity contribution in [2.45, 2.75) is 69.0 Å². The molecule has 2 aromatic rings. The van der Waals surface area contributed by atoms with E-state index in [1.54, 1.807) is 13.0 Å². The van der Waals surface area contributed by atoms with Crippen LogP contribution in [0, 0.1) is 12.8 Å². The van der Waals surface area contributed by atoms with Gasteiger partial charge < -0.3 is 11.1 Å². The number of hydrogen-bond donors (Lipinski definition) is 3. The highest BCUT2D eigenvalue weighted by Gasteiger charge is 2.30. The second-order valence-corrected chi connectivity index (χ2v) is 12.6. The number of sulfonamides is 1. The number of rotatable bonds is 9. The summed E-state index contributed by atoms with van der Waals surface area (Å²) in [6.07, 6.45) is 0.437. The van der Waals surface area contributed by atoms with Crippen LogP contribution in [0.1, 0.15) is 55.2 Å². The number of alkyl halides is 3. The summed E-state index contributed by atoms with van der Waals surface area (Å²) in [7, 11) is -0.921. The zero-order chi connectivity index (χ0) is 30.4. The van der Waals surface area contributed by atoms with Gasteiger partial charge in [0.2, 0.25) is 21.8 Å². The van der Waals surface area contributed by atoms with Gasteiger partial charge in [-0.15, -0.1) is 0 Å². The number of nitrogens with one attached hydrogen (secondary N) is 2. The Bertz CT molecular complexity index is 1390. The number of amides is 2. The Hall–Kier alpha value is -3.45. The summed E-state index contributed by atoms with van der Waals surface area (Å²) in [4.78, 5) is 30.2. The number of benzene rings is 2. The van der Waals surface area contributed by atoms with Crippen molar-refractivity contribution in [2.75, 3.05) is 19.4 Å². The van der Waals surface area contributed by atoms with Gasteiger partial charge in [-0.2, -0.15) is 13.2 Å². The fourth-order valence-electron chi connectivity index (χ4n) is 4.71. The average molecular weight is 596 g/mol. The van der Waals surface area contributed by atoms with Crippen LogP contribution in [-0.2, 0) is 32.2 Å². The van der Waals surface area contributed by atoms with Crippen LogP contribution in [0.5, 0.6) is 0 Å². The van der Waals surface area contributed by atoms with Gasteiger partial charge in [-0.25, -0.2) is 17.7 Å². The molecule has 0 bridgehead atoms. The van der Waals surface area contributed by atoms with Crippen molar-refractivity contribution < 1.29 is 31.2 Å². The number of anilines is 1. The minimum Gasteiger partial charge on any atom is -0.370 e. The van der Waals surface area contributed by atoms with E-state index in [0.717, 1.165) is 48.5 Å². The molecule has 1 fully saturated rings. The molecule has 2 amide bonds. The molecule has 3 rings (SSSR count). The summed E-state index contributed by atoms with van der Waals surface area (Å²) in [5.41, 5.74) is 6.19. The van der Waals surface area contributed by atoms with E-state index in [9.17, 15) is 31.2 Å². The second-order valence-electron chi connectivity index (χ2n) is 10.4. The minimum atomic E-state index is -4.54. The third kappa shape index (κ3) is 9.02. The molecule has 0 saturated heterocycles. The van der Waals surface area contributed by atoms with Gasteiger partial charge in [0.15, 0.2) is 5.96 Å². The van der Waals surface area contributed by atoms with E-state index in [2.05, 4.69) is 15.6 Å². The van der Waals surface area contributed by atoms with Crippen LogP contribution in [0.3, 0.4) is 0 Å². The molecule has 0 unspecified atom stereocenters. The zero-order valence-corrected chi connectivity index (χ0v) is 24.1. The van der Waals surface area contributed by atoms with Crippen LogP contribution in [0.25, 0.3) is 0 Å². The van der Waals surface area contributed by atoms with E-state index in [1.807, 2.05) is 0 Å². The molecule has 1 aliphatic carbocycles. The van der Waals surface area contributed by atoms with Crippen molar-refractivity contribution in [2.24, 2.45) is 16.6 Å². The highest BCUT2D eigenvalue weighted by atomic mass is 32.2. The molecule has 1 saturated carbocycles. The number of carbonyl (C=O) groups excluding carboxylic acids is 2. The fraction of sp³-hybridized carbons (Fsp3) is 0.464. The molecule has 0 aromatic heterocycles. The average Bonchev–Trinajstić information content (AvgIpc) is 2.89. The van der Waals surface area contributed by atoms with Gasteiger partial charge >= 0.3 is 6.18 Å². The van der Waals surface area contributed by atoms with E-state index in [4.69, 9.17) is 5.73 Å². The smallest absolute Gasteiger partial charge is 0.370 e. The van der Waals surface area contributed by atoms with Crippen LogP contribution in [-0.4, -0.2) is 50.6 Å². The summed E-state index contributed by atoms with van der Waals surface area (Å²) in [5, 5.41) is 5.14. The van der Waals surface area contributed by atoms with Crippen molar-refractivity contribution in [3.05, 3.63) is 59.2 Å². The number of aliphatic imine (C=N–C) groups is 1. The molecule has 0 heterocycles. The first kappa shape index (κ1) is 32.1. The first-order valence-corrected chi connectivity index (χ1v) is 14.7. The quantitative estimate of drug-likeness (QED) is 0.295. The Morgan fingerprint density at radius 3 is 2.41 bits per heavy atom. The molecule has 4 N–H and O–H groups in total. The Balaban J connectivity index is 1.79. The lowest BCUT2D eigenvalue weighted by Gasteiger charge is -2.25. The summed E-state index contributed by atoms with van der Waals surface area (Å²) in [5.74, 6) is -1.33. The first-order chi connectivity index (χ1) is 19.2. The van der Waals surface area contributed by atoms with Gasteiger partial charge in [0, 0.05) is 19.8 Å². The summed E-state index contributed by atoms with van der Waals surface area (Å²) in [6.45, 7) is 1.73. The van der Waals surface area contributed by atoms with Crippen molar-refractivity contribution in [3.63, 3.8) is 0 Å². The van der Waals surface area contributed by atoms with Gasteiger partial charge in [-0.05, 0) is 48.6 Å². The minimum absolute atomic E-state index is 0.0112. The second kappa shape index (κ2) is 13.5. The molecule has 0 spiro atoms. The molecule has 2 aromatic carbocycles. The third-order valence-electron chi connectivity index (χ3n) is 7.01. The maximum Gasteiger partial charge on any atom is 0.416 e. The lowest BCUT2D eigenvalue weighted by molar-refractivity contribution is -0.137. The van der Waals surface area contributed by atoms with Crippen LogP contribution in [0.2, 0.25) is 0 Å². The predicted molar refractivity (Wildman–Crippen MR) is 151 cm³/mol. The predicted octanol–water partition coefficient (Wildman–Crippen LogP) is 4.22. The molecular weight excluding hydrogens is 559 g/mol. The standard InChI is InChI=1S/C28H36F3N5O4S/c1-18-12-13-22(41(39,40)36(2)3)17-23(18)33-26(38)24(15-19-8-5-4-6-9-19)34-27(32)35-25(37)16-20-10-7-11-21(14-20)28(29,30)31/h7,10-14,17,19,24H,4-6,8-9,15-16H2,1-3H3,(H,33,38)(H3,32,34,35,37)/t24-/m1/s1. The number of nitrogens with zero attached hydrogens (tertiary/aromatic N) is 2. The maximum absolute atomic E-state index is 13.4. The number of guanidine groups is 1. The Labute approximate surface area is 238 Å². The maximum atomic E-state index is 13.4. The summed E-state index contributed by atoms with van der Waals surface area (Å²) >= 11 is 0. The molecule has 9 nitrogen and oxygen atoms in total. The fourth-order valence-corrected chi connectivity index (χ4v) is 5.64.